The Kier molecular flexibility index (Phi) is 1.63. The van der Waals surface area contributed by atoms with Crippen molar-refractivity contribution in [1.82, 2.24) is 10.2 Å². The second kappa shape index (κ2) is 2.83. The van der Waals surface area contributed by atoms with Crippen molar-refractivity contribution in [3.63, 3.8) is 0 Å². The highest BCUT2D eigenvalue weighted by atomic mass is 16.2. The van der Waals surface area contributed by atoms with Gasteiger partial charge in [-0.05, 0) is 31.6 Å². The monoisotopic (exact) mass is 191 g/mol. The van der Waals surface area contributed by atoms with Crippen LogP contribution < -0.4 is 5.32 Å². The average Bonchev–Trinajstić information content (AvgIpc) is 3.06. The zero-order valence-corrected chi connectivity index (χ0v) is 7.92. The molecule has 2 saturated carbocycles. The van der Waals surface area contributed by atoms with Gasteiger partial charge in [0.2, 0.25) is 5.91 Å². The number of aromatic nitrogens is 2. The van der Waals surface area contributed by atoms with Gasteiger partial charge in [-0.25, -0.2) is 0 Å². The Morgan fingerprint density at radius 1 is 1.43 bits per heavy atom. The van der Waals surface area contributed by atoms with Crippen molar-refractivity contribution in [3.05, 3.63) is 11.8 Å². The zero-order valence-electron chi connectivity index (χ0n) is 7.92. The Balaban J connectivity index is 1.74. The summed E-state index contributed by atoms with van der Waals surface area (Å²) in [6.45, 7) is 0. The number of H-pyrrole nitrogens is 1. The van der Waals surface area contributed by atoms with Gasteiger partial charge >= 0.3 is 0 Å². The third-order valence-electron chi connectivity index (χ3n) is 2.88. The van der Waals surface area contributed by atoms with E-state index in [2.05, 4.69) is 15.5 Å². The van der Waals surface area contributed by atoms with Crippen LogP contribution in [0.4, 0.5) is 5.82 Å². The van der Waals surface area contributed by atoms with E-state index in [1.807, 2.05) is 6.20 Å². The molecule has 4 nitrogen and oxygen atoms in total. The standard InChI is InChI=1S/C10H13N3O/c14-10(7-3-4-7)12-9-8(5-11-13-9)6-1-2-6/h5-7H,1-4H2,(H2,11,12,13,14). The van der Waals surface area contributed by atoms with E-state index in [1.165, 1.54) is 18.4 Å². The molecule has 0 unspecified atom stereocenters. The van der Waals surface area contributed by atoms with Gasteiger partial charge in [0.05, 0.1) is 6.20 Å². The largest absolute Gasteiger partial charge is 0.311 e. The molecule has 0 aromatic carbocycles. The molecule has 2 N–H and O–H groups in total. The van der Waals surface area contributed by atoms with E-state index in [4.69, 9.17) is 0 Å². The molecule has 14 heavy (non-hydrogen) atoms. The SMILES string of the molecule is O=C(Nc1[nH]ncc1C1CC1)C1CC1. The van der Waals surface area contributed by atoms with Gasteiger partial charge in [0.1, 0.15) is 5.82 Å². The van der Waals surface area contributed by atoms with Gasteiger partial charge < -0.3 is 5.32 Å². The number of nitrogens with zero attached hydrogens (tertiary/aromatic N) is 1. The fourth-order valence-electron chi connectivity index (χ4n) is 1.67. The molecule has 1 heterocycles. The van der Waals surface area contributed by atoms with Crippen molar-refractivity contribution < 1.29 is 4.79 Å². The Morgan fingerprint density at radius 2 is 2.21 bits per heavy atom. The molecule has 3 rings (SSSR count). The van der Waals surface area contributed by atoms with Gasteiger partial charge in [-0.1, -0.05) is 0 Å². The first-order chi connectivity index (χ1) is 6.84. The molecular weight excluding hydrogens is 178 g/mol. The molecule has 74 valence electrons. The number of rotatable bonds is 3. The molecule has 1 amide bonds. The van der Waals surface area contributed by atoms with E-state index in [-0.39, 0.29) is 11.8 Å². The summed E-state index contributed by atoms with van der Waals surface area (Å²) in [4.78, 5) is 11.5. The molecule has 0 bridgehead atoms. The number of carbonyl (C=O) groups excluding carboxylic acids is 1. The van der Waals surface area contributed by atoms with Crippen LogP contribution in [0.1, 0.15) is 37.2 Å². The summed E-state index contributed by atoms with van der Waals surface area (Å²) in [6.07, 6.45) is 6.37. The van der Waals surface area contributed by atoms with Crippen LogP contribution in [0.25, 0.3) is 0 Å². The second-order valence-electron chi connectivity index (χ2n) is 4.24. The lowest BCUT2D eigenvalue weighted by atomic mass is 10.2. The highest BCUT2D eigenvalue weighted by molar-refractivity contribution is 5.93. The Hall–Kier alpha value is -1.32. The molecule has 0 saturated heterocycles. The minimum Gasteiger partial charge on any atom is -0.311 e. The maximum absolute atomic E-state index is 11.5. The topological polar surface area (TPSA) is 57.8 Å². The number of carbonyl (C=O) groups is 1. The van der Waals surface area contributed by atoms with E-state index in [0.717, 1.165) is 18.7 Å². The summed E-state index contributed by atoms with van der Waals surface area (Å²) >= 11 is 0. The van der Waals surface area contributed by atoms with Crippen molar-refractivity contribution in [1.29, 1.82) is 0 Å². The Labute approximate surface area is 82.1 Å². The summed E-state index contributed by atoms with van der Waals surface area (Å²) in [5, 5.41) is 9.75. The van der Waals surface area contributed by atoms with Crippen molar-refractivity contribution in [2.45, 2.75) is 31.6 Å². The molecule has 1 aromatic heterocycles. The maximum atomic E-state index is 11.5. The lowest BCUT2D eigenvalue weighted by Crippen LogP contribution is -2.14. The highest BCUT2D eigenvalue weighted by Crippen LogP contribution is 2.43. The third-order valence-corrected chi connectivity index (χ3v) is 2.88. The van der Waals surface area contributed by atoms with Crippen molar-refractivity contribution in [3.8, 4) is 0 Å². The van der Waals surface area contributed by atoms with Crippen LogP contribution >= 0.6 is 0 Å². The minimum atomic E-state index is 0.149. The molecule has 0 aliphatic heterocycles. The van der Waals surface area contributed by atoms with E-state index < -0.39 is 0 Å². The number of aromatic amines is 1. The minimum absolute atomic E-state index is 0.149. The van der Waals surface area contributed by atoms with Gasteiger partial charge in [-0.2, -0.15) is 5.10 Å². The number of hydrogen-bond acceptors (Lipinski definition) is 2. The van der Waals surface area contributed by atoms with Crippen molar-refractivity contribution >= 4 is 11.7 Å². The summed E-state index contributed by atoms with van der Waals surface area (Å²) < 4.78 is 0. The fraction of sp³-hybridized carbons (Fsp3) is 0.600. The van der Waals surface area contributed by atoms with E-state index in [0.29, 0.717) is 5.92 Å². The normalized spacial score (nSPS) is 20.9. The molecule has 2 aliphatic carbocycles. The van der Waals surface area contributed by atoms with Gasteiger partial charge in [-0.3, -0.25) is 9.89 Å². The van der Waals surface area contributed by atoms with Crippen LogP contribution in [0.15, 0.2) is 6.20 Å². The molecule has 1 aromatic rings. The fourth-order valence-corrected chi connectivity index (χ4v) is 1.67. The Morgan fingerprint density at radius 3 is 2.86 bits per heavy atom. The van der Waals surface area contributed by atoms with Crippen LogP contribution in [0, 0.1) is 5.92 Å². The van der Waals surface area contributed by atoms with Gasteiger partial charge in [0.15, 0.2) is 0 Å². The van der Waals surface area contributed by atoms with Crippen LogP contribution in [-0.4, -0.2) is 16.1 Å². The van der Waals surface area contributed by atoms with Crippen LogP contribution in [0.3, 0.4) is 0 Å². The first-order valence-electron chi connectivity index (χ1n) is 5.18. The summed E-state index contributed by atoms with van der Waals surface area (Å²) in [5.41, 5.74) is 1.18. The quantitative estimate of drug-likeness (QED) is 0.763. The second-order valence-corrected chi connectivity index (χ2v) is 4.24. The number of hydrogen-bond donors (Lipinski definition) is 2. The van der Waals surface area contributed by atoms with E-state index >= 15 is 0 Å². The van der Waals surface area contributed by atoms with Crippen LogP contribution in [0.2, 0.25) is 0 Å². The number of anilines is 1. The Bertz CT molecular complexity index is 363. The van der Waals surface area contributed by atoms with Gasteiger partial charge in [0, 0.05) is 11.5 Å². The predicted octanol–water partition coefficient (Wildman–Crippen LogP) is 1.64. The first-order valence-corrected chi connectivity index (χ1v) is 5.18. The molecule has 4 heteroatoms. The molecule has 0 radical (unpaired) electrons. The van der Waals surface area contributed by atoms with E-state index in [9.17, 15) is 4.79 Å². The molecule has 2 fully saturated rings. The van der Waals surface area contributed by atoms with E-state index in [1.54, 1.807) is 0 Å². The summed E-state index contributed by atoms with van der Waals surface area (Å²) in [5.74, 6) is 1.86. The smallest absolute Gasteiger partial charge is 0.228 e. The van der Waals surface area contributed by atoms with Gasteiger partial charge in [0.25, 0.3) is 0 Å². The predicted molar refractivity (Wildman–Crippen MR) is 51.9 cm³/mol. The molecule has 0 atom stereocenters. The number of amides is 1. The van der Waals surface area contributed by atoms with Crippen LogP contribution in [-0.2, 0) is 4.79 Å². The number of nitrogens with one attached hydrogen (secondary N) is 2. The first kappa shape index (κ1) is 8.03. The third kappa shape index (κ3) is 1.41. The van der Waals surface area contributed by atoms with Crippen molar-refractivity contribution in [2.75, 3.05) is 5.32 Å². The van der Waals surface area contributed by atoms with Crippen LogP contribution in [0.5, 0.6) is 0 Å². The highest BCUT2D eigenvalue weighted by Gasteiger charge is 2.32. The van der Waals surface area contributed by atoms with Gasteiger partial charge in [-0.15, -0.1) is 0 Å². The summed E-state index contributed by atoms with van der Waals surface area (Å²) in [6, 6.07) is 0. The average molecular weight is 191 g/mol. The lowest BCUT2D eigenvalue weighted by Gasteiger charge is -2.03. The van der Waals surface area contributed by atoms with Crippen molar-refractivity contribution in [2.24, 2.45) is 5.92 Å². The molecule has 2 aliphatic rings. The lowest BCUT2D eigenvalue weighted by molar-refractivity contribution is -0.117. The molecular formula is C10H13N3O. The molecule has 0 spiro atoms. The zero-order chi connectivity index (χ0) is 9.54. The summed E-state index contributed by atoms with van der Waals surface area (Å²) in [7, 11) is 0. The maximum Gasteiger partial charge on any atom is 0.228 e.